The largest absolute Gasteiger partial charge is 0.484 e. The van der Waals surface area contributed by atoms with Crippen molar-refractivity contribution >= 4 is 28.6 Å². The Morgan fingerprint density at radius 2 is 1.40 bits per heavy atom. The van der Waals surface area contributed by atoms with Crippen LogP contribution in [0.15, 0.2) is 36.4 Å². The summed E-state index contributed by atoms with van der Waals surface area (Å²) in [6.07, 6.45) is -2.63. The van der Waals surface area contributed by atoms with Crippen LogP contribution in [0.2, 0.25) is 0 Å². The maximum Gasteiger partial charge on any atom is 0.410 e. The Bertz CT molecular complexity index is 2030. The van der Waals surface area contributed by atoms with Crippen molar-refractivity contribution in [2.75, 3.05) is 26.2 Å². The van der Waals surface area contributed by atoms with Crippen molar-refractivity contribution in [1.29, 1.82) is 0 Å². The van der Waals surface area contributed by atoms with Gasteiger partial charge in [0.1, 0.15) is 5.60 Å². The summed E-state index contributed by atoms with van der Waals surface area (Å²) < 4.78 is 121. The minimum absolute atomic E-state index is 0.212. The summed E-state index contributed by atoms with van der Waals surface area (Å²) in [4.78, 5) is 35.2. The first kappa shape index (κ1) is 21.4. The molecule has 4 rings (SSSR count). The number of nitrogens with zero attached hydrogens (tertiary/aromatic N) is 3. The quantitative estimate of drug-likeness (QED) is 0.220. The van der Waals surface area contributed by atoms with Crippen molar-refractivity contribution < 1.29 is 48.0 Å². The SMILES string of the molecule is [2H]C([2H])([2H])C([2H])(Oc1cc(C2=CCN(C(=O)OC(C)(C)C)CC2)c(C)cc1[N+](=O)[O-])C([2H])([2H])[2H].[2H]C([2H])([2H])C([2H])(Oc1cc(C2=CCNCC2)c(C)cc1[N+](=O)[O-])C([2H])([2H])[2H]. The Labute approximate surface area is 296 Å². The van der Waals surface area contributed by atoms with Crippen molar-refractivity contribution in [1.82, 2.24) is 10.2 Å². The topological polar surface area (TPSA) is 146 Å². The number of aryl methyl sites for hydroxylation is 2. The smallest absolute Gasteiger partial charge is 0.410 e. The van der Waals surface area contributed by atoms with Gasteiger partial charge in [-0.2, -0.15) is 0 Å². The van der Waals surface area contributed by atoms with E-state index in [2.05, 4.69) is 5.32 Å². The van der Waals surface area contributed by atoms with E-state index in [1.807, 2.05) is 6.08 Å². The predicted molar refractivity (Wildman–Crippen MR) is 183 cm³/mol. The number of carbonyl (C=O) groups is 1. The molecule has 0 saturated carbocycles. The highest BCUT2D eigenvalue weighted by molar-refractivity contribution is 5.76. The third-order valence-corrected chi connectivity index (χ3v) is 7.05. The van der Waals surface area contributed by atoms with Gasteiger partial charge in [0.05, 0.1) is 24.7 Å². The monoisotopic (exact) mass is 666 g/mol. The van der Waals surface area contributed by atoms with Gasteiger partial charge in [0, 0.05) is 48.2 Å². The van der Waals surface area contributed by atoms with Crippen molar-refractivity contribution in [2.45, 2.75) is 92.6 Å². The van der Waals surface area contributed by atoms with Gasteiger partial charge in [0.25, 0.3) is 0 Å². The van der Waals surface area contributed by atoms with Crippen molar-refractivity contribution in [3.05, 3.63) is 78.9 Å². The van der Waals surface area contributed by atoms with Gasteiger partial charge in [0.2, 0.25) is 0 Å². The van der Waals surface area contributed by atoms with Gasteiger partial charge in [0.15, 0.2) is 11.5 Å². The van der Waals surface area contributed by atoms with Crippen molar-refractivity contribution in [3.63, 3.8) is 0 Å². The molecular weight excluding hydrogens is 604 g/mol. The number of hydrogen-bond donors (Lipinski definition) is 1. The third-order valence-electron chi connectivity index (χ3n) is 7.05. The van der Waals surface area contributed by atoms with E-state index in [4.69, 9.17) is 33.4 Å². The Morgan fingerprint density at radius 3 is 1.79 bits per heavy atom. The highest BCUT2D eigenvalue weighted by Gasteiger charge is 2.26. The number of carbonyl (C=O) groups excluding carboxylic acids is 1. The predicted octanol–water partition coefficient (Wildman–Crippen LogP) is 7.78. The average Bonchev–Trinajstić information content (AvgIpc) is 3.10. The Morgan fingerprint density at radius 1 is 0.894 bits per heavy atom. The molecule has 12 nitrogen and oxygen atoms in total. The standard InChI is InChI=1S/C20H28N2O5.C15H20N2O3/c1-13(2)26-18-12-16(14(3)11-17(18)22(24)25)15-7-9-21(10-8-15)19(23)27-20(4,5)6;1-10(2)20-15-9-13(12-4-6-16-7-5-12)11(3)8-14(15)17(18)19/h7,11-13H,8-10H2,1-6H3;4,8-10,16H,5-7H2,1-3H3/i1D3,2D3,13D;1D3,2D3,10D. The number of rotatable bonds is 8. The molecule has 0 radical (unpaired) electrons. The van der Waals surface area contributed by atoms with Crippen LogP contribution in [0.1, 0.15) is 102 Å². The van der Waals surface area contributed by atoms with E-state index in [0.29, 0.717) is 60.3 Å². The van der Waals surface area contributed by atoms with Crippen LogP contribution in [0.3, 0.4) is 0 Å². The van der Waals surface area contributed by atoms with E-state index < -0.39 is 84.0 Å². The van der Waals surface area contributed by atoms with Crippen LogP contribution >= 0.6 is 0 Å². The summed E-state index contributed by atoms with van der Waals surface area (Å²) in [6, 6.07) is 4.78. The lowest BCUT2D eigenvalue weighted by molar-refractivity contribution is -0.386. The van der Waals surface area contributed by atoms with Crippen LogP contribution in [0, 0.1) is 34.1 Å². The minimum atomic E-state index is -3.42. The molecular formula is C35H48N4O8. The first-order valence-electron chi connectivity index (χ1n) is 21.6. The molecule has 256 valence electrons. The van der Waals surface area contributed by atoms with Crippen LogP contribution < -0.4 is 14.8 Å². The summed E-state index contributed by atoms with van der Waals surface area (Å²) in [5.41, 5.74) is 1.78. The lowest BCUT2D eigenvalue weighted by Crippen LogP contribution is -2.39. The van der Waals surface area contributed by atoms with E-state index in [-0.39, 0.29) is 6.54 Å². The van der Waals surface area contributed by atoms with E-state index in [1.54, 1.807) is 40.7 Å². The van der Waals surface area contributed by atoms with Gasteiger partial charge >= 0.3 is 17.5 Å². The van der Waals surface area contributed by atoms with Crippen LogP contribution in [0.25, 0.3) is 11.1 Å². The van der Waals surface area contributed by atoms with Crippen LogP contribution in [-0.4, -0.2) is 64.8 Å². The van der Waals surface area contributed by atoms with Gasteiger partial charge in [-0.25, -0.2) is 4.79 Å². The fraction of sp³-hybridized carbons (Fsp3) is 0.514. The number of amides is 1. The van der Waals surface area contributed by atoms with Crippen molar-refractivity contribution in [2.24, 2.45) is 0 Å². The second kappa shape index (κ2) is 15.9. The zero-order chi connectivity index (χ0) is 46.9. The molecule has 12 heteroatoms. The summed E-state index contributed by atoms with van der Waals surface area (Å²) in [5, 5.41) is 26.1. The van der Waals surface area contributed by atoms with Crippen molar-refractivity contribution in [3.8, 4) is 11.5 Å². The molecule has 0 bridgehead atoms. The Kier molecular flexibility index (Phi) is 7.25. The molecule has 2 aromatic rings. The number of benzene rings is 2. The highest BCUT2D eigenvalue weighted by Crippen LogP contribution is 2.37. The highest BCUT2D eigenvalue weighted by atomic mass is 16.6. The van der Waals surface area contributed by atoms with E-state index in [9.17, 15) is 25.0 Å². The first-order chi connectivity index (χ1) is 27.5. The van der Waals surface area contributed by atoms with Gasteiger partial charge in [-0.15, -0.1) is 0 Å². The Balaban J connectivity index is 0.000000334. The number of ether oxygens (including phenoxy) is 3. The van der Waals surface area contributed by atoms with E-state index in [1.165, 1.54) is 23.1 Å². The maximum atomic E-state index is 12.3. The Hall–Kier alpha value is -4.45. The number of hydrogen-bond acceptors (Lipinski definition) is 9. The number of nitrogens with one attached hydrogen (secondary N) is 1. The number of nitro benzene ring substituents is 2. The molecule has 0 unspecified atom stereocenters. The maximum absolute atomic E-state index is 12.3. The minimum Gasteiger partial charge on any atom is -0.484 e. The van der Waals surface area contributed by atoms with Gasteiger partial charge in [-0.1, -0.05) is 12.2 Å². The fourth-order valence-electron chi connectivity index (χ4n) is 4.98. The lowest BCUT2D eigenvalue weighted by Gasteiger charge is -2.30. The average molecular weight is 667 g/mol. The third kappa shape index (κ3) is 10.5. The van der Waals surface area contributed by atoms with E-state index >= 15 is 0 Å². The molecule has 0 spiro atoms. The normalized spacial score (nSPS) is 20.8. The molecule has 0 fully saturated rings. The van der Waals surface area contributed by atoms with Gasteiger partial charge in [-0.3, -0.25) is 20.2 Å². The lowest BCUT2D eigenvalue weighted by atomic mass is 9.94. The molecule has 47 heavy (non-hydrogen) atoms. The van der Waals surface area contributed by atoms with Crippen LogP contribution in [-0.2, 0) is 4.74 Å². The van der Waals surface area contributed by atoms with Crippen LogP contribution in [0.4, 0.5) is 16.2 Å². The molecule has 0 atom stereocenters. The fourth-order valence-corrected chi connectivity index (χ4v) is 4.98. The molecule has 1 N–H and O–H groups in total. The summed E-state index contributed by atoms with van der Waals surface area (Å²) in [7, 11) is 0. The second-order valence-electron chi connectivity index (χ2n) is 11.7. The first-order valence-corrected chi connectivity index (χ1v) is 14.6. The summed E-state index contributed by atoms with van der Waals surface area (Å²) in [5.74, 6) is -1.19. The zero-order valence-corrected chi connectivity index (χ0v) is 26.8. The molecule has 2 heterocycles. The molecule has 2 aromatic carbocycles. The van der Waals surface area contributed by atoms with Crippen LogP contribution in [0.5, 0.6) is 11.5 Å². The zero-order valence-electron chi connectivity index (χ0n) is 40.8. The van der Waals surface area contributed by atoms with E-state index in [0.717, 1.165) is 11.6 Å². The molecule has 0 aliphatic carbocycles. The molecule has 2 aliphatic heterocycles. The summed E-state index contributed by atoms with van der Waals surface area (Å²) in [6.45, 7) is -3.20. The molecule has 2 aliphatic rings. The second-order valence-corrected chi connectivity index (χ2v) is 11.7. The molecule has 1 amide bonds. The van der Waals surface area contributed by atoms with Gasteiger partial charge < -0.3 is 24.4 Å². The van der Waals surface area contributed by atoms with Gasteiger partial charge in [-0.05, 0) is 127 Å². The summed E-state index contributed by atoms with van der Waals surface area (Å²) >= 11 is 0. The molecule has 0 aromatic heterocycles. The molecule has 0 saturated heterocycles. The number of nitro groups is 2.